The Morgan fingerprint density at radius 1 is 0.968 bits per heavy atom. The zero-order valence-corrected chi connectivity index (χ0v) is 35.4. The van der Waals surface area contributed by atoms with Gasteiger partial charge in [0.25, 0.3) is 10.2 Å². The Morgan fingerprint density at radius 3 is 2.27 bits per heavy atom. The summed E-state index contributed by atoms with van der Waals surface area (Å²) in [4.78, 5) is 107. The standard InChI is InChI=1S/C42H52FN3O17/c1-25-20-32-31-14-11-28-22-29(48)15-16-39(28,3)41(31,43)34(49)23-40(32,4)42(25,63-36(51)8-7-19-61-46(56)57)35(50)24-59-38(53)62-30-12-9-27(10-13-30)21-33(44-26(2)47)37(52)58-17-5-6-18-60-45(54)55/h9-10,12-13,15-16,22,25,31-34,49H,5-8,11,14,17-21,23-24H2,1-4H3,(H,44,47). The van der Waals surface area contributed by atoms with Crippen LogP contribution in [0.1, 0.15) is 84.6 Å². The first-order valence-corrected chi connectivity index (χ1v) is 20.7. The number of carbonyl (C=O) groups is 6. The van der Waals surface area contributed by atoms with Gasteiger partial charge in [-0.15, -0.1) is 20.2 Å². The molecule has 1 aromatic carbocycles. The number of nitrogens with zero attached hydrogens (tertiary/aromatic N) is 2. The lowest BCUT2D eigenvalue weighted by atomic mass is 9.44. The molecule has 0 saturated heterocycles. The van der Waals surface area contributed by atoms with Gasteiger partial charge in [-0.2, -0.15) is 0 Å². The highest BCUT2D eigenvalue weighted by Gasteiger charge is 2.77. The Hall–Kier alpha value is -5.99. The van der Waals surface area contributed by atoms with Crippen molar-refractivity contribution in [3.8, 4) is 5.75 Å². The predicted octanol–water partition coefficient (Wildman–Crippen LogP) is 4.24. The Balaban J connectivity index is 1.29. The lowest BCUT2D eigenvalue weighted by Crippen LogP contribution is -2.70. The van der Waals surface area contributed by atoms with Crippen molar-refractivity contribution in [1.29, 1.82) is 0 Å². The maximum atomic E-state index is 17.9. The summed E-state index contributed by atoms with van der Waals surface area (Å²) < 4.78 is 39.8. The number of nitrogens with one attached hydrogen (secondary N) is 1. The van der Waals surface area contributed by atoms with Crippen molar-refractivity contribution in [3.63, 3.8) is 0 Å². The monoisotopic (exact) mass is 889 g/mol. The number of aliphatic hydroxyl groups excluding tert-OH is 1. The fraction of sp³-hybridized carbons (Fsp3) is 0.619. The molecule has 1 aromatic rings. The van der Waals surface area contributed by atoms with Gasteiger partial charge in [0.1, 0.15) is 11.8 Å². The first-order valence-electron chi connectivity index (χ1n) is 20.7. The molecule has 0 bridgehead atoms. The molecule has 3 fully saturated rings. The number of ketones is 2. The van der Waals surface area contributed by atoms with Crippen LogP contribution in [-0.2, 0) is 54.3 Å². The van der Waals surface area contributed by atoms with E-state index in [-0.39, 0.29) is 69.7 Å². The van der Waals surface area contributed by atoms with Gasteiger partial charge in [0.2, 0.25) is 11.7 Å². The molecule has 2 N–H and O–H groups in total. The summed E-state index contributed by atoms with van der Waals surface area (Å²) in [7, 11) is 0. The number of allylic oxidation sites excluding steroid dienone is 4. The second-order valence-electron chi connectivity index (χ2n) is 16.9. The lowest BCUT2D eigenvalue weighted by Gasteiger charge is -2.62. The summed E-state index contributed by atoms with van der Waals surface area (Å²) in [5, 5.41) is 33.4. The van der Waals surface area contributed by atoms with Crippen LogP contribution in [0.2, 0.25) is 0 Å². The Kier molecular flexibility index (Phi) is 14.9. The van der Waals surface area contributed by atoms with Crippen molar-refractivity contribution in [2.24, 2.45) is 28.6 Å². The van der Waals surface area contributed by atoms with Crippen LogP contribution < -0.4 is 10.1 Å². The van der Waals surface area contributed by atoms with Crippen molar-refractivity contribution in [3.05, 3.63) is 73.9 Å². The minimum absolute atomic E-state index is 0.0177. The highest BCUT2D eigenvalue weighted by Crippen LogP contribution is 2.71. The van der Waals surface area contributed by atoms with Gasteiger partial charge in [-0.3, -0.25) is 19.2 Å². The first kappa shape index (κ1) is 48.0. The summed E-state index contributed by atoms with van der Waals surface area (Å²) >= 11 is 0. The van der Waals surface area contributed by atoms with Gasteiger partial charge in [0, 0.05) is 42.4 Å². The van der Waals surface area contributed by atoms with Crippen molar-refractivity contribution in [1.82, 2.24) is 5.32 Å². The molecule has 3 saturated carbocycles. The van der Waals surface area contributed by atoms with E-state index in [2.05, 4.69) is 15.0 Å². The molecule has 0 heterocycles. The molecule has 5 rings (SSSR count). The van der Waals surface area contributed by atoms with Gasteiger partial charge >= 0.3 is 18.1 Å². The van der Waals surface area contributed by atoms with E-state index in [0.29, 0.717) is 17.6 Å². The fourth-order valence-electron chi connectivity index (χ4n) is 10.3. The number of esters is 2. The summed E-state index contributed by atoms with van der Waals surface area (Å²) in [6, 6.07) is 4.65. The molecular formula is C42H52FN3O17. The van der Waals surface area contributed by atoms with E-state index in [4.69, 9.17) is 18.9 Å². The predicted molar refractivity (Wildman–Crippen MR) is 212 cm³/mol. The molecule has 0 aromatic heterocycles. The second-order valence-corrected chi connectivity index (χ2v) is 16.9. The molecule has 0 aliphatic heterocycles. The summed E-state index contributed by atoms with van der Waals surface area (Å²) in [5.41, 5.74) is -5.98. The quantitative estimate of drug-likeness (QED) is 0.0463. The number of unbranched alkanes of at least 4 members (excludes halogenated alkanes) is 1. The molecule has 0 spiro atoms. The third-order valence-corrected chi connectivity index (χ3v) is 13.1. The number of rotatable bonds is 20. The maximum Gasteiger partial charge on any atom is 0.514 e. The number of Topliss-reactive ketones (excluding diaryl/α,β-unsaturated/α-hetero) is 1. The summed E-state index contributed by atoms with van der Waals surface area (Å²) in [6.45, 7) is 4.53. The number of ether oxygens (including phenoxy) is 4. The Bertz CT molecular complexity index is 2030. The largest absolute Gasteiger partial charge is 0.514 e. The Labute approximate surface area is 361 Å². The highest BCUT2D eigenvalue weighted by atomic mass is 19.1. The van der Waals surface area contributed by atoms with E-state index < -0.39 is 112 Å². The van der Waals surface area contributed by atoms with Crippen LogP contribution in [0.4, 0.5) is 9.18 Å². The third-order valence-electron chi connectivity index (χ3n) is 13.1. The van der Waals surface area contributed by atoms with Crippen LogP contribution in [0.15, 0.2) is 48.1 Å². The normalized spacial score (nSPS) is 29.6. The van der Waals surface area contributed by atoms with Crippen LogP contribution in [-0.4, -0.2) is 101 Å². The van der Waals surface area contributed by atoms with Gasteiger partial charge in [-0.1, -0.05) is 37.6 Å². The lowest BCUT2D eigenvalue weighted by molar-refractivity contribution is -0.757. The zero-order valence-electron chi connectivity index (χ0n) is 35.4. The molecule has 4 aliphatic rings. The number of carbonyl (C=O) groups excluding carboxylic acids is 6. The number of halogens is 1. The molecule has 4 aliphatic carbocycles. The number of alkyl halides is 1. The van der Waals surface area contributed by atoms with E-state index in [9.17, 15) is 54.1 Å². The minimum Gasteiger partial charge on any atom is -0.464 e. The smallest absolute Gasteiger partial charge is 0.464 e. The molecule has 20 nitrogen and oxygen atoms in total. The topological polar surface area (TPSA) is 276 Å². The number of fused-ring (bicyclic) bond motifs is 5. The molecule has 63 heavy (non-hydrogen) atoms. The molecule has 0 radical (unpaired) electrons. The van der Waals surface area contributed by atoms with Crippen LogP contribution in [0.3, 0.4) is 0 Å². The molecular weight excluding hydrogens is 837 g/mol. The van der Waals surface area contributed by atoms with Crippen molar-refractivity contribution < 1.29 is 77.1 Å². The van der Waals surface area contributed by atoms with Crippen molar-refractivity contribution in [2.75, 3.05) is 26.4 Å². The summed E-state index contributed by atoms with van der Waals surface area (Å²) in [6.07, 6.45) is 1.56. The van der Waals surface area contributed by atoms with E-state index in [0.717, 1.165) is 0 Å². The van der Waals surface area contributed by atoms with Gasteiger partial charge in [0.15, 0.2) is 23.7 Å². The number of benzene rings is 1. The molecule has 344 valence electrons. The number of hydrogen-bond donors (Lipinski definition) is 2. The second kappa shape index (κ2) is 19.6. The zero-order chi connectivity index (χ0) is 46.3. The van der Waals surface area contributed by atoms with Crippen LogP contribution >= 0.6 is 0 Å². The van der Waals surface area contributed by atoms with Gasteiger partial charge in [-0.05, 0) is 87.6 Å². The van der Waals surface area contributed by atoms with E-state index in [1.165, 1.54) is 49.4 Å². The minimum atomic E-state index is -2.26. The van der Waals surface area contributed by atoms with E-state index >= 15 is 4.39 Å². The van der Waals surface area contributed by atoms with Crippen molar-refractivity contribution in [2.45, 2.75) is 109 Å². The molecule has 1 amide bonds. The average Bonchev–Trinajstić information content (AvgIpc) is 3.42. The summed E-state index contributed by atoms with van der Waals surface area (Å²) in [5.74, 6) is -5.61. The number of amides is 1. The van der Waals surface area contributed by atoms with Gasteiger partial charge in [-0.25, -0.2) is 14.0 Å². The maximum absolute atomic E-state index is 17.9. The highest BCUT2D eigenvalue weighted by molar-refractivity contribution is 6.01. The fourth-order valence-corrected chi connectivity index (χ4v) is 10.3. The van der Waals surface area contributed by atoms with Gasteiger partial charge in [0.05, 0.1) is 25.9 Å². The Morgan fingerprint density at radius 2 is 1.62 bits per heavy atom. The van der Waals surface area contributed by atoms with Crippen molar-refractivity contribution >= 4 is 35.6 Å². The molecule has 21 heteroatoms. The van der Waals surface area contributed by atoms with E-state index in [1.54, 1.807) is 20.8 Å². The third kappa shape index (κ3) is 9.97. The first-order chi connectivity index (χ1) is 29.7. The van der Waals surface area contributed by atoms with Crippen LogP contribution in [0.5, 0.6) is 5.75 Å². The number of hydrogen-bond acceptors (Lipinski definition) is 17. The average molecular weight is 890 g/mol. The van der Waals surface area contributed by atoms with E-state index in [1.807, 2.05) is 0 Å². The van der Waals surface area contributed by atoms with Crippen LogP contribution in [0, 0.1) is 48.8 Å². The molecule has 9 unspecified atom stereocenters. The van der Waals surface area contributed by atoms with Crippen LogP contribution in [0.25, 0.3) is 0 Å². The van der Waals surface area contributed by atoms with Gasteiger partial charge < -0.3 is 39.0 Å². The SMILES string of the molecule is CC(=O)NC(Cc1ccc(OC(=O)OCC(=O)C2(OC(=O)CCCO[N+](=O)[O-])C(C)CC3C4CCC5=CC(=O)C=CC5(C)C4(F)C(O)CC32C)cc1)C(=O)OCCCCO[N+](=O)[O-]. The number of aliphatic hydroxyl groups is 1. The molecule has 9 atom stereocenters.